The van der Waals surface area contributed by atoms with Crippen LogP contribution < -0.4 is 15.4 Å². The highest BCUT2D eigenvalue weighted by atomic mass is 35.5. The van der Waals surface area contributed by atoms with Crippen LogP contribution in [0.5, 0.6) is 5.75 Å². The predicted molar refractivity (Wildman–Crippen MR) is 130 cm³/mol. The van der Waals surface area contributed by atoms with E-state index < -0.39 is 0 Å². The molecule has 2 atom stereocenters. The van der Waals surface area contributed by atoms with Crippen LogP contribution in [0.15, 0.2) is 54.6 Å². The first-order valence-corrected chi connectivity index (χ1v) is 11.8. The number of aryl methyl sites for hydroxylation is 1. The summed E-state index contributed by atoms with van der Waals surface area (Å²) in [5.74, 6) is 0.981. The van der Waals surface area contributed by atoms with Gasteiger partial charge in [0.1, 0.15) is 5.75 Å². The van der Waals surface area contributed by atoms with Crippen molar-refractivity contribution in [3.8, 4) is 5.75 Å². The second kappa shape index (κ2) is 10.3. The third-order valence-electron chi connectivity index (χ3n) is 5.72. The van der Waals surface area contributed by atoms with Gasteiger partial charge >= 0.3 is 6.03 Å². The average molecular weight is 471 g/mol. The number of methoxy groups -OCH3 is 1. The van der Waals surface area contributed by atoms with Gasteiger partial charge in [-0.25, -0.2) is 4.79 Å². The number of carbonyl (C=O) groups excluding carboxylic acids is 1. The molecule has 6 nitrogen and oxygen atoms in total. The molecule has 0 saturated carbocycles. The number of hydrogen-bond acceptors (Lipinski definition) is 5. The molecule has 1 aromatic heterocycles. The number of benzene rings is 2. The lowest BCUT2D eigenvalue weighted by atomic mass is 9.86. The molecule has 168 valence electrons. The van der Waals surface area contributed by atoms with Crippen LogP contribution in [-0.2, 0) is 6.54 Å². The molecule has 1 saturated heterocycles. The van der Waals surface area contributed by atoms with E-state index in [9.17, 15) is 4.79 Å². The molecule has 1 aliphatic heterocycles. The molecule has 2 N–H and O–H groups in total. The van der Waals surface area contributed by atoms with Gasteiger partial charge in [0, 0.05) is 47.2 Å². The molecule has 2 aromatic carbocycles. The molecule has 8 heteroatoms. The Morgan fingerprint density at radius 1 is 1.22 bits per heavy atom. The van der Waals surface area contributed by atoms with E-state index in [1.165, 1.54) is 10.4 Å². The lowest BCUT2D eigenvalue weighted by molar-refractivity contribution is 0.167. The van der Waals surface area contributed by atoms with Crippen molar-refractivity contribution in [2.75, 3.05) is 25.5 Å². The Morgan fingerprint density at radius 3 is 2.62 bits per heavy atom. The minimum Gasteiger partial charge on any atom is -0.497 e. The van der Waals surface area contributed by atoms with Crippen molar-refractivity contribution in [2.45, 2.75) is 31.8 Å². The minimum atomic E-state index is -0.209. The molecule has 0 bridgehead atoms. The summed E-state index contributed by atoms with van der Waals surface area (Å²) in [4.78, 5) is 16.4. The van der Waals surface area contributed by atoms with Gasteiger partial charge < -0.3 is 15.4 Å². The number of likely N-dealkylation sites (tertiary alicyclic amines) is 1. The van der Waals surface area contributed by atoms with Crippen LogP contribution >= 0.6 is 23.1 Å². The average Bonchev–Trinajstić information content (AvgIpc) is 3.21. The van der Waals surface area contributed by atoms with Gasteiger partial charge in [0.2, 0.25) is 0 Å². The molecule has 3 aromatic rings. The van der Waals surface area contributed by atoms with E-state index in [2.05, 4.69) is 45.0 Å². The third kappa shape index (κ3) is 5.79. The molecule has 0 radical (unpaired) electrons. The molecule has 0 aliphatic carbocycles. The molecule has 4 rings (SSSR count). The van der Waals surface area contributed by atoms with Crippen LogP contribution in [-0.4, -0.2) is 41.5 Å². The summed E-state index contributed by atoms with van der Waals surface area (Å²) in [6, 6.07) is 17.2. The van der Waals surface area contributed by atoms with Gasteiger partial charge in [-0.2, -0.15) is 4.37 Å². The van der Waals surface area contributed by atoms with E-state index in [0.717, 1.165) is 37.5 Å². The second-order valence-corrected chi connectivity index (χ2v) is 9.49. The maximum Gasteiger partial charge on any atom is 0.319 e. The first kappa shape index (κ1) is 22.6. The predicted octanol–water partition coefficient (Wildman–Crippen LogP) is 5.29. The van der Waals surface area contributed by atoms with Crippen LogP contribution in [0.3, 0.4) is 0 Å². The number of halogens is 1. The van der Waals surface area contributed by atoms with E-state index in [0.29, 0.717) is 10.7 Å². The fraction of sp³-hybridized carbons (Fsp3) is 0.333. The third-order valence-corrected chi connectivity index (χ3v) is 6.71. The lowest BCUT2D eigenvalue weighted by Gasteiger charge is -2.39. The maximum atomic E-state index is 12.7. The second-order valence-electron chi connectivity index (χ2n) is 8.04. The zero-order valence-corrected chi connectivity index (χ0v) is 19.7. The van der Waals surface area contributed by atoms with Crippen molar-refractivity contribution >= 4 is 34.9 Å². The van der Waals surface area contributed by atoms with Crippen molar-refractivity contribution in [3.05, 3.63) is 75.8 Å². The topological polar surface area (TPSA) is 66.5 Å². The number of anilines is 1. The van der Waals surface area contributed by atoms with Crippen LogP contribution in [0.25, 0.3) is 0 Å². The van der Waals surface area contributed by atoms with Crippen LogP contribution in [0, 0.1) is 6.92 Å². The SMILES string of the molecule is COc1ccc(C2CN(Cc3cc(C)sn3)CC[C@H]2NC(=O)Nc2ccc(Cl)cc2)cc1. The highest BCUT2D eigenvalue weighted by Gasteiger charge is 2.32. The Bertz CT molecular complexity index is 1040. The van der Waals surface area contributed by atoms with Gasteiger partial charge in [0.25, 0.3) is 0 Å². The first-order valence-electron chi connectivity index (χ1n) is 10.6. The zero-order chi connectivity index (χ0) is 22.5. The Hall–Kier alpha value is -2.61. The standard InChI is InChI=1S/C24H27ClN4O2S/c1-16-13-20(28-32-16)14-29-12-11-23(22(15-29)17-3-9-21(31-2)10-4-17)27-24(30)26-19-7-5-18(25)6-8-19/h3-10,13,22-23H,11-12,14-15H2,1-2H3,(H2,26,27,30)/t22?,23-/m1/s1. The van der Waals surface area contributed by atoms with Crippen molar-refractivity contribution in [1.29, 1.82) is 0 Å². The summed E-state index contributed by atoms with van der Waals surface area (Å²) >= 11 is 7.48. The normalized spacial score (nSPS) is 18.8. The van der Waals surface area contributed by atoms with Crippen molar-refractivity contribution in [2.24, 2.45) is 0 Å². The smallest absolute Gasteiger partial charge is 0.319 e. The first-order chi connectivity index (χ1) is 15.5. The summed E-state index contributed by atoms with van der Waals surface area (Å²) in [5, 5.41) is 6.74. The Balaban J connectivity index is 1.47. The summed E-state index contributed by atoms with van der Waals surface area (Å²) in [7, 11) is 1.67. The zero-order valence-electron chi connectivity index (χ0n) is 18.2. The quantitative estimate of drug-likeness (QED) is 0.513. The number of rotatable bonds is 6. The molecule has 32 heavy (non-hydrogen) atoms. The van der Waals surface area contributed by atoms with Gasteiger partial charge in [0.05, 0.1) is 12.8 Å². The molecule has 2 heterocycles. The summed E-state index contributed by atoms with van der Waals surface area (Å²) in [6.07, 6.45) is 0.855. The van der Waals surface area contributed by atoms with E-state index in [-0.39, 0.29) is 18.0 Å². The van der Waals surface area contributed by atoms with Crippen molar-refractivity contribution < 1.29 is 9.53 Å². The molecule has 0 spiro atoms. The summed E-state index contributed by atoms with van der Waals surface area (Å²) < 4.78 is 9.86. The van der Waals surface area contributed by atoms with E-state index >= 15 is 0 Å². The van der Waals surface area contributed by atoms with Gasteiger partial charge in [-0.1, -0.05) is 23.7 Å². The van der Waals surface area contributed by atoms with E-state index in [1.807, 2.05) is 12.1 Å². The number of nitrogens with zero attached hydrogens (tertiary/aromatic N) is 2. The van der Waals surface area contributed by atoms with Crippen LogP contribution in [0.2, 0.25) is 5.02 Å². The molecular formula is C24H27ClN4O2S. The van der Waals surface area contributed by atoms with E-state index in [4.69, 9.17) is 16.3 Å². The molecule has 1 aliphatic rings. The Morgan fingerprint density at radius 2 is 1.97 bits per heavy atom. The Kier molecular flexibility index (Phi) is 7.29. The molecule has 1 unspecified atom stereocenters. The number of nitrogens with one attached hydrogen (secondary N) is 2. The number of ether oxygens (including phenoxy) is 1. The van der Waals surface area contributed by atoms with Crippen molar-refractivity contribution in [3.63, 3.8) is 0 Å². The fourth-order valence-corrected chi connectivity index (χ4v) is 4.80. The van der Waals surface area contributed by atoms with Gasteiger partial charge in [-0.05, 0) is 72.9 Å². The highest BCUT2D eigenvalue weighted by Crippen LogP contribution is 2.30. The summed E-state index contributed by atoms with van der Waals surface area (Å²) in [6.45, 7) is 4.64. The number of aromatic nitrogens is 1. The van der Waals surface area contributed by atoms with Gasteiger partial charge in [0.15, 0.2) is 0 Å². The maximum absolute atomic E-state index is 12.7. The fourth-order valence-electron chi connectivity index (χ4n) is 4.12. The van der Waals surface area contributed by atoms with Crippen LogP contribution in [0.4, 0.5) is 10.5 Å². The van der Waals surface area contributed by atoms with Crippen molar-refractivity contribution in [1.82, 2.24) is 14.6 Å². The van der Waals surface area contributed by atoms with Gasteiger partial charge in [-0.3, -0.25) is 4.90 Å². The number of urea groups is 1. The number of hydrogen-bond donors (Lipinski definition) is 2. The molecule has 2 amide bonds. The van der Waals surface area contributed by atoms with Gasteiger partial charge in [-0.15, -0.1) is 0 Å². The van der Waals surface area contributed by atoms with Crippen LogP contribution in [0.1, 0.15) is 28.5 Å². The molecular weight excluding hydrogens is 444 g/mol. The Labute approximate surface area is 197 Å². The molecule has 1 fully saturated rings. The largest absolute Gasteiger partial charge is 0.497 e. The number of carbonyl (C=O) groups is 1. The number of amides is 2. The van der Waals surface area contributed by atoms with E-state index in [1.54, 1.807) is 42.9 Å². The summed E-state index contributed by atoms with van der Waals surface area (Å²) in [5.41, 5.74) is 3.00. The number of piperidine rings is 1. The monoisotopic (exact) mass is 470 g/mol. The minimum absolute atomic E-state index is 0.0177. The lowest BCUT2D eigenvalue weighted by Crippen LogP contribution is -2.50. The highest BCUT2D eigenvalue weighted by molar-refractivity contribution is 7.05.